The molecular weight excluding hydrogens is 258 g/mol. The van der Waals surface area contributed by atoms with E-state index in [9.17, 15) is 0 Å². The van der Waals surface area contributed by atoms with Crippen LogP contribution in [0.15, 0.2) is 16.9 Å². The van der Waals surface area contributed by atoms with Gasteiger partial charge >= 0.3 is 0 Å². The molecule has 2 unspecified atom stereocenters. The van der Waals surface area contributed by atoms with Gasteiger partial charge in [-0.1, -0.05) is 0 Å². The van der Waals surface area contributed by atoms with Gasteiger partial charge in [-0.15, -0.1) is 0 Å². The van der Waals surface area contributed by atoms with Crippen molar-refractivity contribution in [3.63, 3.8) is 0 Å². The minimum Gasteiger partial charge on any atom is -0.376 e. The molecule has 4 nitrogen and oxygen atoms in total. The van der Waals surface area contributed by atoms with Gasteiger partial charge in [0, 0.05) is 19.0 Å². The van der Waals surface area contributed by atoms with E-state index in [1.165, 1.54) is 0 Å². The van der Waals surface area contributed by atoms with Gasteiger partial charge < -0.3 is 10.1 Å². The summed E-state index contributed by atoms with van der Waals surface area (Å²) in [6.45, 7) is 5.00. The summed E-state index contributed by atoms with van der Waals surface area (Å²) >= 11 is 3.31. The molecule has 1 aliphatic rings. The van der Waals surface area contributed by atoms with E-state index in [1.54, 1.807) is 12.4 Å². The number of anilines is 1. The van der Waals surface area contributed by atoms with Crippen LogP contribution in [0.25, 0.3) is 0 Å². The number of hydrogen-bond donors (Lipinski definition) is 1. The maximum absolute atomic E-state index is 5.54. The summed E-state index contributed by atoms with van der Waals surface area (Å²) < 4.78 is 6.42. The topological polar surface area (TPSA) is 47.0 Å². The number of ether oxygens (including phenoxy) is 1. The van der Waals surface area contributed by atoms with Crippen LogP contribution in [0.4, 0.5) is 5.95 Å². The van der Waals surface area contributed by atoms with Gasteiger partial charge in [0.15, 0.2) is 0 Å². The maximum atomic E-state index is 5.54. The molecule has 1 saturated heterocycles. The Labute approximate surface area is 97.6 Å². The first kappa shape index (κ1) is 10.8. The highest BCUT2D eigenvalue weighted by atomic mass is 79.9. The molecule has 0 aromatic carbocycles. The molecule has 1 aromatic rings. The normalized spacial score (nSPS) is 30.5. The summed E-state index contributed by atoms with van der Waals surface area (Å²) in [6.07, 6.45) is 4.64. The maximum Gasteiger partial charge on any atom is 0.223 e. The van der Waals surface area contributed by atoms with Crippen molar-refractivity contribution in [2.75, 3.05) is 11.9 Å². The Morgan fingerprint density at radius 3 is 2.73 bits per heavy atom. The molecule has 0 radical (unpaired) electrons. The van der Waals surface area contributed by atoms with E-state index in [0.717, 1.165) is 17.5 Å². The molecule has 1 fully saturated rings. The second-order valence-electron chi connectivity index (χ2n) is 4.03. The van der Waals surface area contributed by atoms with Crippen LogP contribution in [-0.2, 0) is 4.74 Å². The van der Waals surface area contributed by atoms with Crippen LogP contribution >= 0.6 is 15.9 Å². The Balaban J connectivity index is 2.11. The van der Waals surface area contributed by atoms with E-state index in [4.69, 9.17) is 4.74 Å². The van der Waals surface area contributed by atoms with Gasteiger partial charge in [-0.05, 0) is 36.2 Å². The summed E-state index contributed by atoms with van der Waals surface area (Å²) in [5, 5.41) is 3.33. The van der Waals surface area contributed by atoms with Crippen molar-refractivity contribution in [3.05, 3.63) is 16.9 Å². The SMILES string of the molecule is CC1OCCC1(C)Nc1ncc(Br)cn1. The quantitative estimate of drug-likeness (QED) is 0.896. The van der Waals surface area contributed by atoms with Crippen molar-refractivity contribution >= 4 is 21.9 Å². The Morgan fingerprint density at radius 2 is 2.20 bits per heavy atom. The smallest absolute Gasteiger partial charge is 0.223 e. The van der Waals surface area contributed by atoms with E-state index >= 15 is 0 Å². The predicted octanol–water partition coefficient (Wildman–Crippen LogP) is 2.22. The lowest BCUT2D eigenvalue weighted by molar-refractivity contribution is 0.105. The molecule has 2 atom stereocenters. The number of nitrogens with one attached hydrogen (secondary N) is 1. The summed E-state index contributed by atoms with van der Waals surface area (Å²) in [4.78, 5) is 8.39. The van der Waals surface area contributed by atoms with Crippen molar-refractivity contribution in [2.45, 2.75) is 31.9 Å². The van der Waals surface area contributed by atoms with Gasteiger partial charge in [0.1, 0.15) is 0 Å². The van der Waals surface area contributed by atoms with Gasteiger partial charge in [-0.3, -0.25) is 0 Å². The first-order valence-corrected chi connectivity index (χ1v) is 5.77. The lowest BCUT2D eigenvalue weighted by Gasteiger charge is -2.28. The van der Waals surface area contributed by atoms with E-state index in [1.807, 2.05) is 0 Å². The molecule has 1 aliphatic heterocycles. The van der Waals surface area contributed by atoms with Crippen molar-refractivity contribution < 1.29 is 4.74 Å². The first-order chi connectivity index (χ1) is 7.10. The fraction of sp³-hybridized carbons (Fsp3) is 0.600. The third kappa shape index (κ3) is 2.29. The average Bonchev–Trinajstić information content (AvgIpc) is 2.51. The van der Waals surface area contributed by atoms with Gasteiger partial charge in [0.25, 0.3) is 0 Å². The molecule has 0 amide bonds. The molecule has 0 bridgehead atoms. The minimum atomic E-state index is -0.0617. The van der Waals surface area contributed by atoms with Gasteiger partial charge in [-0.2, -0.15) is 0 Å². The summed E-state index contributed by atoms with van der Waals surface area (Å²) in [7, 11) is 0. The van der Waals surface area contributed by atoms with Crippen LogP contribution in [-0.4, -0.2) is 28.2 Å². The molecule has 2 heterocycles. The predicted molar refractivity (Wildman–Crippen MR) is 61.8 cm³/mol. The molecule has 1 N–H and O–H groups in total. The van der Waals surface area contributed by atoms with Crippen molar-refractivity contribution in [1.82, 2.24) is 9.97 Å². The van der Waals surface area contributed by atoms with E-state index < -0.39 is 0 Å². The van der Waals surface area contributed by atoms with Gasteiger partial charge in [0.05, 0.1) is 16.1 Å². The Kier molecular flexibility index (Phi) is 2.93. The summed E-state index contributed by atoms with van der Waals surface area (Å²) in [6, 6.07) is 0. The molecule has 1 aromatic heterocycles. The largest absolute Gasteiger partial charge is 0.376 e. The first-order valence-electron chi connectivity index (χ1n) is 4.97. The van der Waals surface area contributed by atoms with Gasteiger partial charge in [0.2, 0.25) is 5.95 Å². The fourth-order valence-electron chi connectivity index (χ4n) is 1.63. The highest BCUT2D eigenvalue weighted by Gasteiger charge is 2.37. The van der Waals surface area contributed by atoms with Crippen LogP contribution in [0.5, 0.6) is 0 Å². The summed E-state index contributed by atoms with van der Waals surface area (Å²) in [5.74, 6) is 0.651. The molecule has 0 aliphatic carbocycles. The molecular formula is C10H14BrN3O. The van der Waals surface area contributed by atoms with Crippen LogP contribution in [0.2, 0.25) is 0 Å². The second kappa shape index (κ2) is 4.06. The van der Waals surface area contributed by atoms with Crippen molar-refractivity contribution in [2.24, 2.45) is 0 Å². The molecule has 0 spiro atoms. The number of rotatable bonds is 2. The zero-order valence-electron chi connectivity index (χ0n) is 8.83. The number of aromatic nitrogens is 2. The Bertz CT molecular complexity index is 343. The highest BCUT2D eigenvalue weighted by Crippen LogP contribution is 2.28. The number of halogens is 1. The standard InChI is InChI=1S/C10H14BrN3O/c1-7-10(2,3-4-15-7)14-9-12-5-8(11)6-13-9/h5-7H,3-4H2,1-2H3,(H,12,13,14). The third-order valence-electron chi connectivity index (χ3n) is 2.90. The average molecular weight is 272 g/mol. The lowest BCUT2D eigenvalue weighted by atomic mass is 9.95. The zero-order chi connectivity index (χ0) is 10.9. The molecule has 5 heteroatoms. The van der Waals surface area contributed by atoms with E-state index in [0.29, 0.717) is 5.95 Å². The van der Waals surface area contributed by atoms with Crippen LogP contribution in [0.3, 0.4) is 0 Å². The van der Waals surface area contributed by atoms with Crippen LogP contribution in [0.1, 0.15) is 20.3 Å². The molecule has 2 rings (SSSR count). The Hall–Kier alpha value is -0.680. The van der Waals surface area contributed by atoms with E-state index in [-0.39, 0.29) is 11.6 Å². The highest BCUT2D eigenvalue weighted by molar-refractivity contribution is 9.10. The van der Waals surface area contributed by atoms with E-state index in [2.05, 4.69) is 45.1 Å². The van der Waals surface area contributed by atoms with Crippen molar-refractivity contribution in [3.8, 4) is 0 Å². The zero-order valence-corrected chi connectivity index (χ0v) is 10.4. The van der Waals surface area contributed by atoms with Crippen LogP contribution in [0, 0.1) is 0 Å². The monoisotopic (exact) mass is 271 g/mol. The second-order valence-corrected chi connectivity index (χ2v) is 4.95. The van der Waals surface area contributed by atoms with Crippen LogP contribution < -0.4 is 5.32 Å². The fourth-order valence-corrected chi connectivity index (χ4v) is 1.84. The van der Waals surface area contributed by atoms with Gasteiger partial charge in [-0.25, -0.2) is 9.97 Å². The van der Waals surface area contributed by atoms with Crippen molar-refractivity contribution in [1.29, 1.82) is 0 Å². The lowest BCUT2D eigenvalue weighted by Crippen LogP contribution is -2.41. The third-order valence-corrected chi connectivity index (χ3v) is 3.31. The summed E-state index contributed by atoms with van der Waals surface area (Å²) in [5.41, 5.74) is -0.0617. The molecule has 15 heavy (non-hydrogen) atoms. The molecule has 0 saturated carbocycles. The number of nitrogens with zero attached hydrogens (tertiary/aromatic N) is 2. The molecule has 82 valence electrons. The minimum absolute atomic E-state index is 0.0617. The number of hydrogen-bond acceptors (Lipinski definition) is 4. The Morgan fingerprint density at radius 1 is 1.53 bits per heavy atom.